The van der Waals surface area contributed by atoms with E-state index in [1.807, 2.05) is 0 Å². The molecule has 0 unspecified atom stereocenters. The van der Waals surface area contributed by atoms with Crippen molar-refractivity contribution in [3.8, 4) is 0 Å². The van der Waals surface area contributed by atoms with Crippen LogP contribution in [-0.2, 0) is 18.5 Å². The van der Waals surface area contributed by atoms with Gasteiger partial charge in [0.05, 0.1) is 0 Å². The van der Waals surface area contributed by atoms with Gasteiger partial charge in [-0.25, -0.2) is 0 Å². The van der Waals surface area contributed by atoms with Gasteiger partial charge in [-0.3, -0.25) is 0 Å². The number of nitrogens with zero attached hydrogens (tertiary/aromatic N) is 5. The fraction of sp³-hybridized carbons (Fsp3) is 0.550. The number of carbonyl (C=O) groups excluding carboxylic acids is 1. The van der Waals surface area contributed by atoms with Crippen molar-refractivity contribution in [2.75, 3.05) is 25.6 Å². The maximum atomic E-state index is 12.3. The number of nitrogens with one attached hydrogen (secondary N) is 1. The molecular weight excluding hydrogens is 552 g/mol. The Morgan fingerprint density at radius 1 is 1.43 bits per heavy atom. The minimum atomic E-state index is -3.34. The number of hydrogen-bond donors (Lipinski definition) is 7. The number of imidazole rings is 1. The van der Waals surface area contributed by atoms with Gasteiger partial charge in [0.15, 0.2) is 0 Å². The summed E-state index contributed by atoms with van der Waals surface area (Å²) in [5, 5.41) is 30.6. The van der Waals surface area contributed by atoms with Crippen molar-refractivity contribution in [1.29, 1.82) is 0 Å². The zero-order valence-corrected chi connectivity index (χ0v) is 22.6. The number of rotatable bonds is 10. The molecule has 2 aliphatic rings. The Kier molecular flexibility index (Phi) is 9.06. The molecule has 18 nitrogen and oxygen atoms in total. The second-order valence-electron chi connectivity index (χ2n) is 9.42. The molecule has 2 saturated heterocycles. The van der Waals surface area contributed by atoms with Gasteiger partial charge in [0.25, 0.3) is 0 Å². The Labute approximate surface area is 228 Å². The Morgan fingerprint density at radius 2 is 2.17 bits per heavy atom. The number of amides is 2. The van der Waals surface area contributed by atoms with E-state index >= 15 is 0 Å². The fourth-order valence-electron chi connectivity index (χ4n) is 4.53. The summed E-state index contributed by atoms with van der Waals surface area (Å²) in [4.78, 5) is 39.5. The zero-order chi connectivity index (χ0) is 29.2. The average molecular weight is 585 g/mol. The van der Waals surface area contributed by atoms with Gasteiger partial charge >= 0.3 is 228 Å². The summed E-state index contributed by atoms with van der Waals surface area (Å²) in [5.74, 6) is -0.528. The number of fused-ring (bicyclic) bond motifs is 1. The molecule has 0 radical (unpaired) electrons. The van der Waals surface area contributed by atoms with Gasteiger partial charge in [-0.2, -0.15) is 0 Å². The van der Waals surface area contributed by atoms with Gasteiger partial charge in [-0.15, -0.1) is 0 Å². The number of hydrogen-bond acceptors (Lipinski definition) is 12. The van der Waals surface area contributed by atoms with Crippen LogP contribution >= 0.6 is 7.59 Å². The van der Waals surface area contributed by atoms with Crippen LogP contribution in [0.5, 0.6) is 0 Å². The van der Waals surface area contributed by atoms with Crippen molar-refractivity contribution in [3.05, 3.63) is 29.5 Å². The summed E-state index contributed by atoms with van der Waals surface area (Å²) in [6, 6.07) is -0.814. The molecule has 0 bridgehead atoms. The molecule has 2 fully saturated rings. The third-order valence-electron chi connectivity index (χ3n) is 6.52. The summed E-state index contributed by atoms with van der Waals surface area (Å²) < 4.78 is 25.3. The molecule has 220 valence electrons. The van der Waals surface area contributed by atoms with Crippen LogP contribution in [-0.4, -0.2) is 109 Å². The number of guanidine groups is 1. The van der Waals surface area contributed by atoms with E-state index in [0.717, 1.165) is 4.90 Å². The Bertz CT molecular complexity index is 1320. The summed E-state index contributed by atoms with van der Waals surface area (Å²) in [6.45, 7) is 4.61. The summed E-state index contributed by atoms with van der Waals surface area (Å²) in [7, 11) is -3.80. The van der Waals surface area contributed by atoms with Crippen LogP contribution in [0.3, 0.4) is 0 Å². The summed E-state index contributed by atoms with van der Waals surface area (Å²) >= 11 is 0. The normalized spacial score (nSPS) is 27.0. The predicted octanol–water partition coefficient (Wildman–Crippen LogP) is -2.83. The molecule has 4 heterocycles. The van der Waals surface area contributed by atoms with Gasteiger partial charge in [0.1, 0.15) is 0 Å². The third-order valence-corrected chi connectivity index (χ3v) is 8.67. The molecule has 2 aliphatic heterocycles. The van der Waals surface area contributed by atoms with E-state index in [2.05, 4.69) is 26.5 Å². The SMILES string of the molecule is C=CN(C(=O)N=C(N)N)[C@H]1C[C@@H](O[PH](C)(BO)OC[C@H]2O[C@@H](n3cnc4c(=O)[nH]c(N)nc43)C[C@H]2O)[C@@H](CO)O1. The second-order valence-corrected chi connectivity index (χ2v) is 12.5. The van der Waals surface area contributed by atoms with Crippen LogP contribution in [0, 0.1) is 0 Å². The molecule has 2 amide bonds. The topological polar surface area (TPSA) is 272 Å². The van der Waals surface area contributed by atoms with Crippen LogP contribution in [0.25, 0.3) is 11.2 Å². The van der Waals surface area contributed by atoms with Crippen molar-refractivity contribution < 1.29 is 38.6 Å². The number of urea groups is 1. The molecule has 10 N–H and O–H groups in total. The number of aliphatic hydroxyl groups is 2. The number of aromatic amines is 1. The third kappa shape index (κ3) is 6.26. The van der Waals surface area contributed by atoms with Gasteiger partial charge < -0.3 is 0 Å². The average Bonchev–Trinajstić information content (AvgIpc) is 3.59. The van der Waals surface area contributed by atoms with Crippen LogP contribution in [0.15, 0.2) is 28.9 Å². The first-order chi connectivity index (χ1) is 19.0. The molecule has 2 aromatic rings. The fourth-order valence-corrected chi connectivity index (χ4v) is 6.17. The van der Waals surface area contributed by atoms with E-state index in [9.17, 15) is 24.8 Å². The molecule has 20 heteroatoms. The van der Waals surface area contributed by atoms with E-state index in [4.69, 9.17) is 35.7 Å². The molecule has 2 aromatic heterocycles. The van der Waals surface area contributed by atoms with Crippen molar-refractivity contribution in [2.45, 2.75) is 49.7 Å². The number of anilines is 1. The first kappa shape index (κ1) is 29.8. The first-order valence-corrected chi connectivity index (χ1v) is 14.8. The number of carbonyl (C=O) groups is 1. The van der Waals surface area contributed by atoms with Crippen molar-refractivity contribution in [3.63, 3.8) is 0 Å². The molecule has 6 atom stereocenters. The molecule has 0 spiro atoms. The van der Waals surface area contributed by atoms with Crippen LogP contribution < -0.4 is 22.8 Å². The maximum absolute atomic E-state index is 12.3. The van der Waals surface area contributed by atoms with Crippen molar-refractivity contribution >= 4 is 43.9 Å². The van der Waals surface area contributed by atoms with Gasteiger partial charge in [-0.1, -0.05) is 0 Å². The molecule has 0 aromatic carbocycles. The Balaban J connectivity index is 1.40. The first-order valence-electron chi connectivity index (χ1n) is 12.3. The number of ether oxygens (including phenoxy) is 2. The number of aromatic nitrogens is 4. The second kappa shape index (κ2) is 12.2. The van der Waals surface area contributed by atoms with Crippen molar-refractivity contribution in [1.82, 2.24) is 24.4 Å². The number of nitrogen functional groups attached to an aromatic ring is 1. The van der Waals surface area contributed by atoms with Crippen molar-refractivity contribution in [2.24, 2.45) is 16.5 Å². The summed E-state index contributed by atoms with van der Waals surface area (Å²) in [5.41, 5.74) is 16.0. The standard InChI is InChI=1S/C20H33BN9O9P/c1-3-29(20(34)28-18(22)23)14-5-10(11(6-31)37-14)39-40(2,21-35)36-7-12-9(32)4-13(38-12)30-8-25-15-16(30)26-19(24)27-17(15)33/h3,8-14,21,31-32,35,40H,1,4-7H2,2H3,(H4,22,23,28,34)(H3,24,26,27,33)/t9-,10-,11-,12-,13-,14-/m1/s1. The molecule has 4 rings (SSSR count). The van der Waals surface area contributed by atoms with Gasteiger partial charge in [0, 0.05) is 0 Å². The van der Waals surface area contributed by atoms with E-state index in [-0.39, 0.29) is 36.6 Å². The zero-order valence-electron chi connectivity index (χ0n) is 21.6. The molecule has 0 saturated carbocycles. The van der Waals surface area contributed by atoms with E-state index in [1.54, 1.807) is 6.66 Å². The van der Waals surface area contributed by atoms with Crippen LogP contribution in [0.4, 0.5) is 10.7 Å². The summed E-state index contributed by atoms with van der Waals surface area (Å²) in [6.07, 6.45) is -2.16. The Hall–Kier alpha value is -3.16. The quantitative estimate of drug-likeness (QED) is 0.0641. The predicted molar refractivity (Wildman–Crippen MR) is 145 cm³/mol. The van der Waals surface area contributed by atoms with E-state index in [0.29, 0.717) is 0 Å². The van der Waals surface area contributed by atoms with Crippen LogP contribution in [0.2, 0.25) is 0 Å². The number of aliphatic hydroxyl groups excluding tert-OH is 2. The number of nitrogens with two attached hydrogens (primary N) is 3. The minimum absolute atomic E-state index is 0.0752. The number of aliphatic imine (C=N–C) groups is 1. The van der Waals surface area contributed by atoms with E-state index in [1.165, 1.54) is 17.1 Å². The van der Waals surface area contributed by atoms with E-state index < -0.39 is 75.8 Å². The molecule has 40 heavy (non-hydrogen) atoms. The van der Waals surface area contributed by atoms with Crippen LogP contribution in [0.1, 0.15) is 19.1 Å². The molecular formula is C20H33BN9O9P. The number of H-pyrrole nitrogens is 1. The van der Waals surface area contributed by atoms with Gasteiger partial charge in [0.2, 0.25) is 0 Å². The monoisotopic (exact) mass is 585 g/mol. The molecule has 0 aliphatic carbocycles. The Morgan fingerprint density at radius 3 is 2.83 bits per heavy atom. The van der Waals surface area contributed by atoms with Gasteiger partial charge in [-0.05, 0) is 0 Å².